The molecule has 22 heavy (non-hydrogen) atoms. The van der Waals surface area contributed by atoms with Gasteiger partial charge in [-0.15, -0.1) is 0 Å². The lowest BCUT2D eigenvalue weighted by Gasteiger charge is -2.58. The van der Waals surface area contributed by atoms with Gasteiger partial charge in [-0.05, 0) is 99.2 Å². The SMILES string of the molecule is C[C@H](O)C1CCC2C3CCC4=CCCC[C@]4(C)C3CC[C@@]21C. The molecule has 0 aromatic rings. The molecule has 1 heteroatoms. The highest BCUT2D eigenvalue weighted by Gasteiger charge is 2.59. The van der Waals surface area contributed by atoms with Crippen LogP contribution >= 0.6 is 0 Å². The quantitative estimate of drug-likeness (QED) is 0.648. The van der Waals surface area contributed by atoms with Crippen molar-refractivity contribution in [2.45, 2.75) is 84.7 Å². The number of allylic oxidation sites excluding steroid dienone is 2. The molecule has 0 aliphatic heterocycles. The number of hydrogen-bond acceptors (Lipinski definition) is 1. The summed E-state index contributed by atoms with van der Waals surface area (Å²) in [5.74, 6) is 3.29. The molecule has 7 atom stereocenters. The Morgan fingerprint density at radius 1 is 1.09 bits per heavy atom. The molecule has 0 bridgehead atoms. The molecule has 0 spiro atoms. The van der Waals surface area contributed by atoms with Gasteiger partial charge in [-0.25, -0.2) is 0 Å². The van der Waals surface area contributed by atoms with Gasteiger partial charge in [-0.3, -0.25) is 0 Å². The Labute approximate surface area is 136 Å². The maximum Gasteiger partial charge on any atom is 0.0545 e. The smallest absolute Gasteiger partial charge is 0.0545 e. The zero-order valence-electron chi connectivity index (χ0n) is 14.8. The van der Waals surface area contributed by atoms with Gasteiger partial charge in [0.1, 0.15) is 0 Å². The summed E-state index contributed by atoms with van der Waals surface area (Å²) in [6, 6.07) is 0. The molecule has 1 N–H and O–H groups in total. The van der Waals surface area contributed by atoms with Crippen molar-refractivity contribution < 1.29 is 5.11 Å². The van der Waals surface area contributed by atoms with Gasteiger partial charge in [0.25, 0.3) is 0 Å². The van der Waals surface area contributed by atoms with Gasteiger partial charge in [0.15, 0.2) is 0 Å². The average molecular weight is 303 g/mol. The highest BCUT2D eigenvalue weighted by Crippen LogP contribution is 2.67. The van der Waals surface area contributed by atoms with E-state index in [1.807, 2.05) is 12.5 Å². The molecular formula is C21H34O. The first-order chi connectivity index (χ1) is 10.5. The molecular weight excluding hydrogens is 268 g/mol. The molecule has 4 rings (SSSR count). The van der Waals surface area contributed by atoms with E-state index in [9.17, 15) is 5.11 Å². The topological polar surface area (TPSA) is 20.2 Å². The number of hydrogen-bond donors (Lipinski definition) is 1. The molecule has 0 saturated heterocycles. The van der Waals surface area contributed by atoms with Crippen molar-refractivity contribution in [2.24, 2.45) is 34.5 Å². The van der Waals surface area contributed by atoms with E-state index in [0.29, 0.717) is 16.7 Å². The van der Waals surface area contributed by atoms with Crippen molar-refractivity contribution in [1.29, 1.82) is 0 Å². The van der Waals surface area contributed by atoms with Crippen molar-refractivity contribution in [3.8, 4) is 0 Å². The van der Waals surface area contributed by atoms with Crippen LogP contribution in [0.5, 0.6) is 0 Å². The van der Waals surface area contributed by atoms with Crippen LogP contribution in [0.4, 0.5) is 0 Å². The summed E-state index contributed by atoms with van der Waals surface area (Å²) in [7, 11) is 0. The average Bonchev–Trinajstić information content (AvgIpc) is 2.84. The predicted molar refractivity (Wildman–Crippen MR) is 91.5 cm³/mol. The lowest BCUT2D eigenvalue weighted by molar-refractivity contribution is -0.0697. The van der Waals surface area contributed by atoms with Gasteiger partial charge in [-0.2, -0.15) is 0 Å². The first-order valence-electron chi connectivity index (χ1n) is 9.84. The normalized spacial score (nSPS) is 52.3. The maximum absolute atomic E-state index is 10.3. The van der Waals surface area contributed by atoms with Gasteiger partial charge < -0.3 is 5.11 Å². The van der Waals surface area contributed by atoms with Gasteiger partial charge in [0, 0.05) is 0 Å². The fourth-order valence-electron chi connectivity index (χ4n) is 7.59. The Morgan fingerprint density at radius 2 is 1.91 bits per heavy atom. The number of aliphatic hydroxyl groups is 1. The van der Waals surface area contributed by atoms with Crippen molar-refractivity contribution in [3.05, 3.63) is 11.6 Å². The van der Waals surface area contributed by atoms with Gasteiger partial charge in [0.2, 0.25) is 0 Å². The van der Waals surface area contributed by atoms with Crippen LogP contribution in [0, 0.1) is 34.5 Å². The van der Waals surface area contributed by atoms with Crippen LogP contribution in [-0.4, -0.2) is 11.2 Å². The molecule has 0 heterocycles. The molecule has 3 saturated carbocycles. The first kappa shape index (κ1) is 15.2. The largest absolute Gasteiger partial charge is 0.393 e. The van der Waals surface area contributed by atoms with E-state index < -0.39 is 0 Å². The minimum Gasteiger partial charge on any atom is -0.393 e. The van der Waals surface area contributed by atoms with Crippen molar-refractivity contribution in [1.82, 2.24) is 0 Å². The molecule has 0 amide bonds. The first-order valence-corrected chi connectivity index (χ1v) is 9.84. The Bertz CT molecular complexity index is 478. The summed E-state index contributed by atoms with van der Waals surface area (Å²) in [5.41, 5.74) is 2.75. The van der Waals surface area contributed by atoms with E-state index in [4.69, 9.17) is 0 Å². The van der Waals surface area contributed by atoms with Gasteiger partial charge in [-0.1, -0.05) is 25.5 Å². The van der Waals surface area contributed by atoms with E-state index >= 15 is 0 Å². The molecule has 1 nitrogen and oxygen atoms in total. The monoisotopic (exact) mass is 302 g/mol. The van der Waals surface area contributed by atoms with Crippen LogP contribution in [0.15, 0.2) is 11.6 Å². The molecule has 4 aliphatic rings. The van der Waals surface area contributed by atoms with E-state index in [0.717, 1.165) is 17.8 Å². The third-order valence-electron chi connectivity index (χ3n) is 8.68. The number of aliphatic hydroxyl groups excluding tert-OH is 1. The fourth-order valence-corrected chi connectivity index (χ4v) is 7.59. The Morgan fingerprint density at radius 3 is 2.68 bits per heavy atom. The molecule has 3 fully saturated rings. The second-order valence-electron chi connectivity index (χ2n) is 9.42. The summed E-state index contributed by atoms with van der Waals surface area (Å²) >= 11 is 0. The van der Waals surface area contributed by atoms with Crippen LogP contribution in [0.1, 0.15) is 78.6 Å². The van der Waals surface area contributed by atoms with Gasteiger partial charge >= 0.3 is 0 Å². The third kappa shape index (κ3) is 1.93. The van der Waals surface area contributed by atoms with Crippen LogP contribution in [0.25, 0.3) is 0 Å². The lowest BCUT2D eigenvalue weighted by atomic mass is 9.47. The summed E-state index contributed by atoms with van der Waals surface area (Å²) in [6.07, 6.45) is 14.9. The maximum atomic E-state index is 10.3. The minimum absolute atomic E-state index is 0.115. The molecule has 124 valence electrons. The third-order valence-corrected chi connectivity index (χ3v) is 8.68. The number of rotatable bonds is 1. The summed E-state index contributed by atoms with van der Waals surface area (Å²) in [4.78, 5) is 0. The van der Waals surface area contributed by atoms with E-state index in [1.54, 1.807) is 0 Å². The van der Waals surface area contributed by atoms with E-state index in [-0.39, 0.29) is 6.10 Å². The van der Waals surface area contributed by atoms with E-state index in [1.165, 1.54) is 57.8 Å². The number of fused-ring (bicyclic) bond motifs is 5. The van der Waals surface area contributed by atoms with Crippen LogP contribution in [0.3, 0.4) is 0 Å². The predicted octanol–water partition coefficient (Wildman–Crippen LogP) is 5.34. The lowest BCUT2D eigenvalue weighted by Crippen LogP contribution is -2.50. The van der Waals surface area contributed by atoms with Crippen LogP contribution < -0.4 is 0 Å². The second kappa shape index (κ2) is 5.10. The van der Waals surface area contributed by atoms with Crippen LogP contribution in [0.2, 0.25) is 0 Å². The Hall–Kier alpha value is -0.300. The van der Waals surface area contributed by atoms with Gasteiger partial charge in [0.05, 0.1) is 6.10 Å². The van der Waals surface area contributed by atoms with E-state index in [2.05, 4.69) is 19.9 Å². The summed E-state index contributed by atoms with van der Waals surface area (Å²) in [6.45, 7) is 7.15. The Kier molecular flexibility index (Phi) is 3.53. The standard InChI is InChI=1S/C21H34O/c1-14(22)17-9-10-18-16-8-7-15-6-4-5-12-20(15,2)19(16)11-13-21(17,18)3/h6,14,16-19,22H,4-5,7-13H2,1-3H3/t14-,16?,17?,18?,19?,20-,21+/m0/s1. The van der Waals surface area contributed by atoms with Crippen LogP contribution in [-0.2, 0) is 0 Å². The highest BCUT2D eigenvalue weighted by atomic mass is 16.3. The minimum atomic E-state index is -0.115. The zero-order chi connectivity index (χ0) is 15.5. The van der Waals surface area contributed by atoms with Crippen molar-refractivity contribution >= 4 is 0 Å². The highest BCUT2D eigenvalue weighted by molar-refractivity contribution is 5.23. The molecule has 4 unspecified atom stereocenters. The molecule has 0 radical (unpaired) electrons. The van der Waals surface area contributed by atoms with Crippen molar-refractivity contribution in [2.75, 3.05) is 0 Å². The molecule has 0 aromatic heterocycles. The second-order valence-corrected chi connectivity index (χ2v) is 9.42. The summed E-state index contributed by atoms with van der Waals surface area (Å²) in [5, 5.41) is 10.3. The molecule has 4 aliphatic carbocycles. The Balaban J connectivity index is 1.65. The van der Waals surface area contributed by atoms with Crippen molar-refractivity contribution in [3.63, 3.8) is 0 Å². The fraction of sp³-hybridized carbons (Fsp3) is 0.905. The summed E-state index contributed by atoms with van der Waals surface area (Å²) < 4.78 is 0. The molecule has 0 aromatic carbocycles. The zero-order valence-corrected chi connectivity index (χ0v) is 14.8.